The number of alkyl halides is 3. The van der Waals surface area contributed by atoms with Crippen LogP contribution in [0, 0.1) is 0 Å². The normalized spacial score (nSPS) is 11.4. The van der Waals surface area contributed by atoms with E-state index in [1.807, 2.05) is 0 Å². The van der Waals surface area contributed by atoms with Gasteiger partial charge in [0.25, 0.3) is 5.91 Å². The Morgan fingerprint density at radius 2 is 1.69 bits per heavy atom. The van der Waals surface area contributed by atoms with E-state index in [4.69, 9.17) is 5.73 Å². The predicted molar refractivity (Wildman–Crippen MR) is 91.4 cm³/mol. The number of carbonyl (C=O) groups excluding carboxylic acids is 2. The topological polar surface area (TPSA) is 75.4 Å². The Labute approximate surface area is 148 Å². The molecule has 0 aliphatic heterocycles. The molecule has 0 aromatic heterocycles. The Morgan fingerprint density at radius 1 is 1.08 bits per heavy atom. The number of primary amides is 1. The summed E-state index contributed by atoms with van der Waals surface area (Å²) in [6.45, 7) is 0.289. The molecule has 3 N–H and O–H groups in total. The fraction of sp³-hybridized carbons (Fsp3) is 0.222. The monoisotopic (exact) mass is 365 g/mol. The van der Waals surface area contributed by atoms with Gasteiger partial charge in [0.15, 0.2) is 0 Å². The number of hydrogen-bond acceptors (Lipinski definition) is 3. The third-order valence-electron chi connectivity index (χ3n) is 3.61. The summed E-state index contributed by atoms with van der Waals surface area (Å²) in [6, 6.07) is 11.1. The van der Waals surface area contributed by atoms with Crippen molar-refractivity contribution in [3.63, 3.8) is 0 Å². The molecule has 0 spiro atoms. The SMILES string of the molecule is CN(CC(=O)Nc1ccccc1C(N)=O)Cc1ccc(C(F)(F)F)cc1. The lowest BCUT2D eigenvalue weighted by molar-refractivity contribution is -0.137. The highest BCUT2D eigenvalue weighted by atomic mass is 19.4. The fourth-order valence-electron chi connectivity index (χ4n) is 2.41. The molecule has 0 aliphatic rings. The first-order valence-electron chi connectivity index (χ1n) is 7.70. The molecule has 0 fully saturated rings. The van der Waals surface area contributed by atoms with Gasteiger partial charge >= 0.3 is 6.18 Å². The van der Waals surface area contributed by atoms with E-state index in [9.17, 15) is 22.8 Å². The van der Waals surface area contributed by atoms with Crippen molar-refractivity contribution in [2.45, 2.75) is 12.7 Å². The molecule has 0 atom stereocenters. The summed E-state index contributed by atoms with van der Waals surface area (Å²) in [5.74, 6) is -1.02. The smallest absolute Gasteiger partial charge is 0.366 e. The molecule has 0 radical (unpaired) electrons. The number of para-hydroxylation sites is 1. The lowest BCUT2D eigenvalue weighted by Gasteiger charge is -2.17. The zero-order valence-corrected chi connectivity index (χ0v) is 14.0. The van der Waals surface area contributed by atoms with Crippen LogP contribution >= 0.6 is 0 Å². The largest absolute Gasteiger partial charge is 0.416 e. The summed E-state index contributed by atoms with van der Waals surface area (Å²) < 4.78 is 37.7. The maximum absolute atomic E-state index is 12.6. The molecule has 138 valence electrons. The summed E-state index contributed by atoms with van der Waals surface area (Å²) in [7, 11) is 1.66. The molecule has 0 bridgehead atoms. The molecule has 0 saturated carbocycles. The number of hydrogen-bond donors (Lipinski definition) is 2. The third-order valence-corrected chi connectivity index (χ3v) is 3.61. The van der Waals surface area contributed by atoms with Gasteiger partial charge in [0.1, 0.15) is 0 Å². The number of amides is 2. The van der Waals surface area contributed by atoms with Crippen molar-refractivity contribution >= 4 is 17.5 Å². The average molecular weight is 365 g/mol. The van der Waals surface area contributed by atoms with Crippen LogP contribution in [-0.4, -0.2) is 30.3 Å². The van der Waals surface area contributed by atoms with Crippen molar-refractivity contribution < 1.29 is 22.8 Å². The second kappa shape index (κ2) is 8.01. The molecule has 2 amide bonds. The van der Waals surface area contributed by atoms with Gasteiger partial charge in [-0.15, -0.1) is 0 Å². The first-order chi connectivity index (χ1) is 12.2. The Hall–Kier alpha value is -2.87. The molecule has 2 rings (SSSR count). The van der Waals surface area contributed by atoms with Crippen molar-refractivity contribution in [2.24, 2.45) is 5.73 Å². The number of halogens is 3. The van der Waals surface area contributed by atoms with Gasteiger partial charge in [-0.3, -0.25) is 14.5 Å². The number of likely N-dealkylation sites (N-methyl/N-ethyl adjacent to an activating group) is 1. The van der Waals surface area contributed by atoms with Crippen molar-refractivity contribution in [1.82, 2.24) is 4.90 Å². The number of rotatable bonds is 6. The lowest BCUT2D eigenvalue weighted by Crippen LogP contribution is -2.30. The molecular weight excluding hydrogens is 347 g/mol. The molecule has 0 unspecified atom stereocenters. The minimum Gasteiger partial charge on any atom is -0.366 e. The van der Waals surface area contributed by atoms with Gasteiger partial charge in [-0.05, 0) is 36.9 Å². The highest BCUT2D eigenvalue weighted by molar-refractivity contribution is 6.03. The van der Waals surface area contributed by atoms with E-state index in [0.29, 0.717) is 17.8 Å². The molecule has 2 aromatic carbocycles. The number of nitrogens with two attached hydrogens (primary N) is 1. The van der Waals surface area contributed by atoms with Gasteiger partial charge in [0.2, 0.25) is 5.91 Å². The number of carbonyl (C=O) groups is 2. The van der Waals surface area contributed by atoms with Crippen LogP contribution in [0.3, 0.4) is 0 Å². The van der Waals surface area contributed by atoms with Gasteiger partial charge in [-0.25, -0.2) is 0 Å². The zero-order chi connectivity index (χ0) is 19.3. The van der Waals surface area contributed by atoms with Gasteiger partial charge in [-0.2, -0.15) is 13.2 Å². The Morgan fingerprint density at radius 3 is 2.27 bits per heavy atom. The average Bonchev–Trinajstić information content (AvgIpc) is 2.54. The molecule has 0 saturated heterocycles. The van der Waals surface area contributed by atoms with E-state index < -0.39 is 17.6 Å². The second-order valence-electron chi connectivity index (χ2n) is 5.82. The molecular formula is C18H18F3N3O2. The highest BCUT2D eigenvalue weighted by Crippen LogP contribution is 2.29. The summed E-state index contributed by atoms with van der Waals surface area (Å²) >= 11 is 0. The van der Waals surface area contributed by atoms with E-state index >= 15 is 0 Å². The number of anilines is 1. The van der Waals surface area contributed by atoms with Gasteiger partial charge in [0, 0.05) is 6.54 Å². The highest BCUT2D eigenvalue weighted by Gasteiger charge is 2.29. The van der Waals surface area contributed by atoms with Crippen LogP contribution < -0.4 is 11.1 Å². The number of benzene rings is 2. The Kier molecular flexibility index (Phi) is 5.99. The standard InChI is InChI=1S/C18H18F3N3O2/c1-24(10-12-6-8-13(9-7-12)18(19,20)21)11-16(25)23-15-5-3-2-4-14(15)17(22)26/h2-9H,10-11H2,1H3,(H2,22,26)(H,23,25). The molecule has 0 heterocycles. The van der Waals surface area contributed by atoms with E-state index in [0.717, 1.165) is 12.1 Å². The van der Waals surface area contributed by atoms with E-state index in [2.05, 4.69) is 5.32 Å². The molecule has 5 nitrogen and oxygen atoms in total. The number of nitrogens with zero attached hydrogens (tertiary/aromatic N) is 1. The molecule has 2 aromatic rings. The Bertz CT molecular complexity index is 789. The predicted octanol–water partition coefficient (Wildman–Crippen LogP) is 2.87. The summed E-state index contributed by atoms with van der Waals surface area (Å²) in [5.41, 5.74) is 5.70. The minimum atomic E-state index is -4.38. The van der Waals surface area contributed by atoms with Crippen LogP contribution in [0.4, 0.5) is 18.9 Å². The Balaban J connectivity index is 1.94. The lowest BCUT2D eigenvalue weighted by atomic mass is 10.1. The maximum Gasteiger partial charge on any atom is 0.416 e. The van der Waals surface area contributed by atoms with Crippen LogP contribution in [0.1, 0.15) is 21.5 Å². The van der Waals surface area contributed by atoms with Gasteiger partial charge in [0.05, 0.1) is 23.4 Å². The van der Waals surface area contributed by atoms with Crippen LogP contribution in [0.2, 0.25) is 0 Å². The van der Waals surface area contributed by atoms with Gasteiger partial charge < -0.3 is 11.1 Å². The molecule has 8 heteroatoms. The third kappa shape index (κ3) is 5.32. The van der Waals surface area contributed by atoms with Gasteiger partial charge in [-0.1, -0.05) is 24.3 Å². The van der Waals surface area contributed by atoms with E-state index in [1.165, 1.54) is 18.2 Å². The van der Waals surface area contributed by atoms with Crippen molar-refractivity contribution in [1.29, 1.82) is 0 Å². The maximum atomic E-state index is 12.6. The molecule has 26 heavy (non-hydrogen) atoms. The fourth-order valence-corrected chi connectivity index (χ4v) is 2.41. The summed E-state index contributed by atoms with van der Waals surface area (Å²) in [5, 5.41) is 2.61. The number of nitrogens with one attached hydrogen (secondary N) is 1. The zero-order valence-electron chi connectivity index (χ0n) is 14.0. The minimum absolute atomic E-state index is 0.00583. The van der Waals surface area contributed by atoms with Crippen LogP contribution in [0.15, 0.2) is 48.5 Å². The van der Waals surface area contributed by atoms with Crippen LogP contribution in [0.25, 0.3) is 0 Å². The first-order valence-corrected chi connectivity index (χ1v) is 7.70. The van der Waals surface area contributed by atoms with E-state index in [1.54, 1.807) is 30.1 Å². The quantitative estimate of drug-likeness (QED) is 0.827. The van der Waals surface area contributed by atoms with Crippen LogP contribution in [-0.2, 0) is 17.5 Å². The van der Waals surface area contributed by atoms with E-state index in [-0.39, 0.29) is 18.0 Å². The van der Waals surface area contributed by atoms with Crippen molar-refractivity contribution in [3.05, 3.63) is 65.2 Å². The molecule has 0 aliphatic carbocycles. The first kappa shape index (κ1) is 19.5. The summed E-state index contributed by atoms with van der Waals surface area (Å²) in [6.07, 6.45) is -4.38. The van der Waals surface area contributed by atoms with Crippen molar-refractivity contribution in [2.75, 3.05) is 18.9 Å². The van der Waals surface area contributed by atoms with Crippen molar-refractivity contribution in [3.8, 4) is 0 Å². The second-order valence-corrected chi connectivity index (χ2v) is 5.82. The summed E-state index contributed by atoms with van der Waals surface area (Å²) in [4.78, 5) is 25.1. The van der Waals surface area contributed by atoms with Crippen LogP contribution in [0.5, 0.6) is 0 Å².